The standard InChI is InChI=1S/C23H29N5O/c1-16(2)14-28-8-6-17(7-9-28)23(29)26-22-11-20-10-18(4-5-19(20)12-24-22)21-13-25-27(3)15-21/h4-5,10-13,15-17H,6-9,14H2,1-3H3,(H,24,26,29)/i11D. The summed E-state index contributed by atoms with van der Waals surface area (Å²) in [4.78, 5) is 19.6. The number of anilines is 1. The molecule has 2 aromatic heterocycles. The Hall–Kier alpha value is -2.73. The second-order valence-corrected chi connectivity index (χ2v) is 8.39. The van der Waals surface area contributed by atoms with Gasteiger partial charge in [-0.15, -0.1) is 0 Å². The molecule has 1 N–H and O–H groups in total. The first-order valence-electron chi connectivity index (χ1n) is 10.8. The van der Waals surface area contributed by atoms with E-state index in [2.05, 4.69) is 34.1 Å². The molecule has 1 fully saturated rings. The lowest BCUT2D eigenvalue weighted by molar-refractivity contribution is -0.121. The third-order valence-electron chi connectivity index (χ3n) is 5.50. The van der Waals surface area contributed by atoms with Gasteiger partial charge in [-0.1, -0.05) is 26.0 Å². The van der Waals surface area contributed by atoms with Gasteiger partial charge in [0.2, 0.25) is 5.91 Å². The summed E-state index contributed by atoms with van der Waals surface area (Å²) < 4.78 is 10.4. The van der Waals surface area contributed by atoms with Crippen LogP contribution in [0, 0.1) is 11.8 Å². The van der Waals surface area contributed by atoms with Crippen LogP contribution in [0.1, 0.15) is 28.1 Å². The van der Waals surface area contributed by atoms with Crippen molar-refractivity contribution < 1.29 is 6.17 Å². The number of carbonyl (C=O) groups excluding carboxylic acids is 1. The summed E-state index contributed by atoms with van der Waals surface area (Å²) in [5.74, 6) is 0.926. The molecule has 6 heteroatoms. The quantitative estimate of drug-likeness (QED) is 0.714. The Morgan fingerprint density at radius 2 is 2.03 bits per heavy atom. The van der Waals surface area contributed by atoms with Crippen molar-refractivity contribution in [2.45, 2.75) is 26.7 Å². The van der Waals surface area contributed by atoms with Gasteiger partial charge in [0.15, 0.2) is 0 Å². The molecule has 1 saturated heterocycles. The van der Waals surface area contributed by atoms with E-state index in [4.69, 9.17) is 1.37 Å². The molecular formula is C23H29N5O. The van der Waals surface area contributed by atoms with E-state index in [9.17, 15) is 4.79 Å². The van der Waals surface area contributed by atoms with Crippen molar-refractivity contribution in [2.24, 2.45) is 18.9 Å². The number of rotatable bonds is 5. The van der Waals surface area contributed by atoms with E-state index in [1.165, 1.54) is 0 Å². The van der Waals surface area contributed by atoms with E-state index in [0.717, 1.165) is 54.4 Å². The number of piperidine rings is 1. The molecule has 29 heavy (non-hydrogen) atoms. The Balaban J connectivity index is 1.50. The van der Waals surface area contributed by atoms with E-state index in [1.807, 2.05) is 31.4 Å². The molecule has 0 spiro atoms. The monoisotopic (exact) mass is 392 g/mol. The number of pyridine rings is 1. The molecule has 0 unspecified atom stereocenters. The molecule has 6 nitrogen and oxygen atoms in total. The summed E-state index contributed by atoms with van der Waals surface area (Å²) in [6, 6.07) is 6.18. The van der Waals surface area contributed by atoms with Crippen molar-refractivity contribution in [2.75, 3.05) is 25.0 Å². The predicted molar refractivity (Wildman–Crippen MR) is 117 cm³/mol. The Morgan fingerprint density at radius 3 is 2.72 bits per heavy atom. The van der Waals surface area contributed by atoms with Crippen LogP contribution in [0.5, 0.6) is 0 Å². The first kappa shape index (κ1) is 18.3. The van der Waals surface area contributed by atoms with E-state index in [-0.39, 0.29) is 17.9 Å². The van der Waals surface area contributed by atoms with Gasteiger partial charge in [0.05, 0.1) is 7.57 Å². The van der Waals surface area contributed by atoms with Gasteiger partial charge in [-0.05, 0) is 54.9 Å². The number of nitrogens with one attached hydrogen (secondary N) is 1. The highest BCUT2D eigenvalue weighted by Crippen LogP contribution is 2.26. The number of hydrogen-bond donors (Lipinski definition) is 1. The van der Waals surface area contributed by atoms with Gasteiger partial charge < -0.3 is 10.2 Å². The molecule has 1 amide bonds. The summed E-state index contributed by atoms with van der Waals surface area (Å²) in [6.07, 6.45) is 7.18. The third-order valence-corrected chi connectivity index (χ3v) is 5.50. The lowest BCUT2D eigenvalue weighted by Crippen LogP contribution is -2.39. The molecule has 4 rings (SSSR count). The molecule has 1 aliphatic rings. The number of likely N-dealkylation sites (tertiary alicyclic amines) is 1. The second kappa shape index (κ2) is 8.33. The first-order chi connectivity index (χ1) is 14.4. The van der Waals surface area contributed by atoms with Crippen LogP contribution in [0.3, 0.4) is 0 Å². The smallest absolute Gasteiger partial charge is 0.228 e. The Labute approximate surface area is 173 Å². The Kier molecular flexibility index (Phi) is 5.26. The van der Waals surface area contributed by atoms with Crippen LogP contribution in [-0.2, 0) is 11.8 Å². The number of carbonyl (C=O) groups is 1. The van der Waals surface area contributed by atoms with Gasteiger partial charge in [0.1, 0.15) is 5.82 Å². The minimum absolute atomic E-state index is 0.0213. The lowest BCUT2D eigenvalue weighted by Gasteiger charge is -2.32. The maximum Gasteiger partial charge on any atom is 0.228 e. The number of benzene rings is 1. The largest absolute Gasteiger partial charge is 0.310 e. The number of aromatic nitrogens is 3. The fourth-order valence-electron chi connectivity index (χ4n) is 4.00. The van der Waals surface area contributed by atoms with Crippen molar-refractivity contribution in [1.82, 2.24) is 19.7 Å². The van der Waals surface area contributed by atoms with Crippen LogP contribution in [-0.4, -0.2) is 45.2 Å². The minimum Gasteiger partial charge on any atom is -0.310 e. The molecule has 152 valence electrons. The fourth-order valence-corrected chi connectivity index (χ4v) is 4.00. The van der Waals surface area contributed by atoms with Crippen LogP contribution < -0.4 is 5.32 Å². The Morgan fingerprint density at radius 1 is 1.24 bits per heavy atom. The number of hydrogen-bond acceptors (Lipinski definition) is 4. The van der Waals surface area contributed by atoms with Crippen molar-refractivity contribution in [3.8, 4) is 11.1 Å². The second-order valence-electron chi connectivity index (χ2n) is 8.39. The lowest BCUT2D eigenvalue weighted by atomic mass is 9.95. The fraction of sp³-hybridized carbons (Fsp3) is 0.435. The maximum atomic E-state index is 12.8. The van der Waals surface area contributed by atoms with Gasteiger partial charge in [-0.3, -0.25) is 9.48 Å². The molecule has 3 heterocycles. The topological polar surface area (TPSA) is 63.1 Å². The molecule has 1 aliphatic heterocycles. The molecule has 0 atom stereocenters. The SMILES string of the molecule is [2H]c1c(NC(=O)C2CCN(CC(C)C)CC2)ncc2ccc(-c3cnn(C)c3)cc12. The third kappa shape index (κ3) is 4.65. The van der Waals surface area contributed by atoms with Gasteiger partial charge in [-0.2, -0.15) is 5.10 Å². The van der Waals surface area contributed by atoms with Crippen LogP contribution in [0.25, 0.3) is 21.9 Å². The molecule has 0 aliphatic carbocycles. The maximum absolute atomic E-state index is 12.8. The minimum atomic E-state index is -0.0250. The number of nitrogens with zero attached hydrogens (tertiary/aromatic N) is 4. The van der Waals surface area contributed by atoms with Gasteiger partial charge in [-0.25, -0.2) is 4.98 Å². The van der Waals surface area contributed by atoms with E-state index in [0.29, 0.717) is 11.7 Å². The summed E-state index contributed by atoms with van der Waals surface area (Å²) in [5.41, 5.74) is 1.99. The highest BCUT2D eigenvalue weighted by molar-refractivity contribution is 5.95. The van der Waals surface area contributed by atoms with Crippen LogP contribution >= 0.6 is 0 Å². The zero-order valence-corrected chi connectivity index (χ0v) is 17.4. The van der Waals surface area contributed by atoms with Crippen LogP contribution in [0.2, 0.25) is 0 Å². The number of fused-ring (bicyclic) bond motifs is 1. The van der Waals surface area contributed by atoms with Gasteiger partial charge >= 0.3 is 0 Å². The average molecular weight is 393 g/mol. The molecule has 0 bridgehead atoms. The van der Waals surface area contributed by atoms with Gasteiger partial charge in [0.25, 0.3) is 0 Å². The molecule has 1 aromatic carbocycles. The predicted octanol–water partition coefficient (Wildman–Crippen LogP) is 3.94. The highest BCUT2D eigenvalue weighted by atomic mass is 16.1. The van der Waals surface area contributed by atoms with Gasteiger partial charge in [0, 0.05) is 42.9 Å². The molecule has 0 saturated carbocycles. The summed E-state index contributed by atoms with van der Waals surface area (Å²) in [6.45, 7) is 7.42. The van der Waals surface area contributed by atoms with Crippen molar-refractivity contribution in [3.05, 3.63) is 42.8 Å². The summed E-state index contributed by atoms with van der Waals surface area (Å²) in [7, 11) is 1.88. The normalized spacial score (nSPS) is 16.3. The van der Waals surface area contributed by atoms with Crippen molar-refractivity contribution in [1.29, 1.82) is 0 Å². The molecular weight excluding hydrogens is 362 g/mol. The summed E-state index contributed by atoms with van der Waals surface area (Å²) in [5, 5.41) is 8.79. The molecule has 3 aromatic rings. The number of aryl methyl sites for hydroxylation is 1. The van der Waals surface area contributed by atoms with Crippen LogP contribution in [0.15, 0.2) is 42.8 Å². The number of amides is 1. The summed E-state index contributed by atoms with van der Waals surface area (Å²) >= 11 is 0. The van der Waals surface area contributed by atoms with E-state index < -0.39 is 0 Å². The Bertz CT molecular complexity index is 1050. The zero-order valence-electron chi connectivity index (χ0n) is 18.4. The van der Waals surface area contributed by atoms with E-state index >= 15 is 0 Å². The average Bonchev–Trinajstić information content (AvgIpc) is 3.16. The van der Waals surface area contributed by atoms with E-state index in [1.54, 1.807) is 17.1 Å². The van der Waals surface area contributed by atoms with Crippen molar-refractivity contribution >= 4 is 22.5 Å². The first-order valence-corrected chi connectivity index (χ1v) is 10.3. The highest BCUT2D eigenvalue weighted by Gasteiger charge is 2.25. The van der Waals surface area contributed by atoms with Crippen LogP contribution in [0.4, 0.5) is 5.82 Å². The van der Waals surface area contributed by atoms with Crippen molar-refractivity contribution in [3.63, 3.8) is 0 Å². The molecule has 0 radical (unpaired) electrons. The zero-order chi connectivity index (χ0) is 21.3.